The molecule has 0 saturated heterocycles. The fraction of sp³-hybridized carbons (Fsp3) is 0.118. The van der Waals surface area contributed by atoms with E-state index in [9.17, 15) is 9.59 Å². The first-order chi connectivity index (χ1) is 19.0. The van der Waals surface area contributed by atoms with Crippen molar-refractivity contribution < 1.29 is 14.3 Å². The second kappa shape index (κ2) is 9.76. The van der Waals surface area contributed by atoms with Crippen molar-refractivity contribution in [1.82, 2.24) is 0 Å². The second-order valence-electron chi connectivity index (χ2n) is 9.86. The first-order valence-electron chi connectivity index (χ1n) is 12.9. The van der Waals surface area contributed by atoms with Gasteiger partial charge in [-0.25, -0.2) is 0 Å². The predicted octanol–water partition coefficient (Wildman–Crippen LogP) is 6.78. The fourth-order valence-corrected chi connectivity index (χ4v) is 5.38. The lowest BCUT2D eigenvalue weighted by Crippen LogP contribution is -2.38. The zero-order valence-electron chi connectivity index (χ0n) is 22.1. The Hall–Kier alpha value is -4.90. The highest BCUT2D eigenvalue weighted by atomic mass is 16.5. The summed E-state index contributed by atoms with van der Waals surface area (Å²) in [5.41, 5.74) is 6.89. The van der Waals surface area contributed by atoms with E-state index in [2.05, 4.69) is 0 Å². The number of carbonyl (C=O) groups is 2. The minimum absolute atomic E-state index is 0.208. The molecule has 5 heteroatoms. The molecule has 2 aliphatic heterocycles. The number of hydrogen-bond donors (Lipinski definition) is 0. The lowest BCUT2D eigenvalue weighted by Gasteiger charge is -2.30. The van der Waals surface area contributed by atoms with Crippen molar-refractivity contribution in [2.24, 2.45) is 0 Å². The monoisotopic (exact) mass is 512 g/mol. The van der Waals surface area contributed by atoms with Gasteiger partial charge in [0.05, 0.1) is 13.2 Å². The third-order valence-electron chi connectivity index (χ3n) is 7.31. The van der Waals surface area contributed by atoms with Crippen LogP contribution in [0.15, 0.2) is 120 Å². The van der Waals surface area contributed by atoms with Crippen molar-refractivity contribution in [1.29, 1.82) is 0 Å². The summed E-state index contributed by atoms with van der Waals surface area (Å²) in [4.78, 5) is 32.0. The van der Waals surface area contributed by atoms with Gasteiger partial charge in [-0.2, -0.15) is 0 Å². The molecule has 0 saturated carbocycles. The normalized spacial score (nSPS) is 17.8. The number of carbonyl (C=O) groups excluding carboxylic acids is 2. The number of nitrogens with zero attached hydrogens (tertiary/aromatic N) is 2. The third kappa shape index (κ3) is 4.12. The van der Waals surface area contributed by atoms with Crippen LogP contribution in [0.5, 0.6) is 5.75 Å². The molecule has 2 amide bonds. The van der Waals surface area contributed by atoms with E-state index in [0.717, 1.165) is 27.9 Å². The van der Waals surface area contributed by atoms with E-state index in [1.807, 2.05) is 128 Å². The van der Waals surface area contributed by atoms with Crippen molar-refractivity contribution in [3.63, 3.8) is 0 Å². The van der Waals surface area contributed by atoms with Crippen molar-refractivity contribution in [3.05, 3.63) is 142 Å². The SMILES string of the molecule is COc1ccccc1/C=C1\C(=O)N(c2ccc(C)cc2)C2=C1[C@@H](c1ccccc1)N(c1ccc(C)cc1)C2=O. The average Bonchev–Trinajstić information content (AvgIpc) is 3.41. The minimum atomic E-state index is -0.475. The Morgan fingerprint density at radius 2 is 1.28 bits per heavy atom. The van der Waals surface area contributed by atoms with Crippen LogP contribution in [-0.2, 0) is 9.59 Å². The maximum Gasteiger partial charge on any atom is 0.276 e. The molecule has 0 aliphatic carbocycles. The average molecular weight is 513 g/mol. The van der Waals surface area contributed by atoms with Crippen LogP contribution < -0.4 is 14.5 Å². The second-order valence-corrected chi connectivity index (χ2v) is 9.86. The van der Waals surface area contributed by atoms with Gasteiger partial charge in [-0.1, -0.05) is 83.9 Å². The predicted molar refractivity (Wildman–Crippen MR) is 155 cm³/mol. The summed E-state index contributed by atoms with van der Waals surface area (Å²) in [6.07, 6.45) is 1.85. The van der Waals surface area contributed by atoms with Gasteiger partial charge in [0.25, 0.3) is 11.8 Å². The Balaban J connectivity index is 1.62. The van der Waals surface area contributed by atoms with Crippen LogP contribution in [-0.4, -0.2) is 18.9 Å². The third-order valence-corrected chi connectivity index (χ3v) is 7.31. The summed E-state index contributed by atoms with van der Waals surface area (Å²) < 4.78 is 5.60. The number of methoxy groups -OCH3 is 1. The maximum atomic E-state index is 14.4. The highest BCUT2D eigenvalue weighted by molar-refractivity contribution is 6.29. The van der Waals surface area contributed by atoms with Gasteiger partial charge in [-0.05, 0) is 55.8 Å². The molecule has 6 rings (SSSR count). The molecular weight excluding hydrogens is 484 g/mol. The van der Waals surface area contributed by atoms with Gasteiger partial charge in [0.15, 0.2) is 0 Å². The molecule has 2 aliphatic rings. The molecule has 0 N–H and O–H groups in total. The van der Waals surface area contributed by atoms with E-state index >= 15 is 0 Å². The van der Waals surface area contributed by atoms with Crippen molar-refractivity contribution in [2.45, 2.75) is 19.9 Å². The van der Waals surface area contributed by atoms with Gasteiger partial charge in [0.2, 0.25) is 0 Å². The van der Waals surface area contributed by atoms with E-state index in [0.29, 0.717) is 28.3 Å². The molecule has 0 aromatic heterocycles. The van der Waals surface area contributed by atoms with E-state index < -0.39 is 6.04 Å². The minimum Gasteiger partial charge on any atom is -0.496 e. The molecule has 192 valence electrons. The topological polar surface area (TPSA) is 49.9 Å². The summed E-state index contributed by atoms with van der Waals surface area (Å²) in [6.45, 7) is 4.02. The molecule has 4 aromatic carbocycles. The van der Waals surface area contributed by atoms with Crippen LogP contribution in [0.2, 0.25) is 0 Å². The lowest BCUT2D eigenvalue weighted by molar-refractivity contribution is -0.118. The Kier molecular flexibility index (Phi) is 6.12. The lowest BCUT2D eigenvalue weighted by atomic mass is 9.92. The highest BCUT2D eigenvalue weighted by Gasteiger charge is 2.52. The van der Waals surface area contributed by atoms with E-state index in [1.165, 1.54) is 0 Å². The highest BCUT2D eigenvalue weighted by Crippen LogP contribution is 2.51. The molecule has 0 fully saturated rings. The number of aryl methyl sites for hydroxylation is 2. The van der Waals surface area contributed by atoms with Crippen molar-refractivity contribution in [3.8, 4) is 5.75 Å². The summed E-state index contributed by atoms with van der Waals surface area (Å²) in [6, 6.07) is 32.6. The molecule has 5 nitrogen and oxygen atoms in total. The molecule has 39 heavy (non-hydrogen) atoms. The smallest absolute Gasteiger partial charge is 0.276 e. The zero-order valence-corrected chi connectivity index (χ0v) is 22.1. The standard InChI is InChI=1S/C34H28N2O3/c1-22-13-17-26(18-14-22)35-31(24-9-5-4-6-10-24)30-28(21-25-11-7-8-12-29(25)39-3)33(37)36(32(30)34(35)38)27-19-15-23(2)16-20-27/h4-21,31H,1-3H3/b28-21-/t31-/m1/s1. The first kappa shape index (κ1) is 24.4. The van der Waals surface area contributed by atoms with Crippen LogP contribution in [0.4, 0.5) is 11.4 Å². The van der Waals surface area contributed by atoms with Gasteiger partial charge in [0, 0.05) is 28.1 Å². The number of amides is 2. The number of benzene rings is 4. The quantitative estimate of drug-likeness (QED) is 0.277. The molecular formula is C34H28N2O3. The van der Waals surface area contributed by atoms with Crippen LogP contribution in [0.1, 0.15) is 28.3 Å². The van der Waals surface area contributed by atoms with Gasteiger partial charge in [0.1, 0.15) is 11.4 Å². The fourth-order valence-electron chi connectivity index (χ4n) is 5.38. The van der Waals surface area contributed by atoms with Gasteiger partial charge in [-0.15, -0.1) is 0 Å². The number of rotatable bonds is 5. The van der Waals surface area contributed by atoms with Crippen molar-refractivity contribution in [2.75, 3.05) is 16.9 Å². The van der Waals surface area contributed by atoms with Crippen molar-refractivity contribution >= 4 is 29.3 Å². The summed E-state index contributed by atoms with van der Waals surface area (Å²) in [5, 5.41) is 0. The van der Waals surface area contributed by atoms with Gasteiger partial charge >= 0.3 is 0 Å². The Morgan fingerprint density at radius 3 is 1.92 bits per heavy atom. The number of para-hydroxylation sites is 1. The molecule has 1 atom stereocenters. The summed E-state index contributed by atoms with van der Waals surface area (Å²) >= 11 is 0. The zero-order chi connectivity index (χ0) is 27.1. The first-order valence-corrected chi connectivity index (χ1v) is 12.9. The largest absolute Gasteiger partial charge is 0.496 e. The number of ether oxygens (including phenoxy) is 1. The molecule has 4 aromatic rings. The number of hydrogen-bond acceptors (Lipinski definition) is 3. The van der Waals surface area contributed by atoms with E-state index in [4.69, 9.17) is 4.74 Å². The Morgan fingerprint density at radius 1 is 0.692 bits per heavy atom. The Bertz CT molecular complexity index is 1630. The molecule has 2 heterocycles. The molecule has 0 spiro atoms. The van der Waals surface area contributed by atoms with Gasteiger partial charge < -0.3 is 4.74 Å². The number of anilines is 2. The Labute approximate surface area is 228 Å². The molecule has 0 radical (unpaired) electrons. The summed E-state index contributed by atoms with van der Waals surface area (Å²) in [5.74, 6) is 0.220. The van der Waals surface area contributed by atoms with E-state index in [-0.39, 0.29) is 11.8 Å². The van der Waals surface area contributed by atoms with E-state index in [1.54, 1.807) is 12.0 Å². The molecule has 0 unspecified atom stereocenters. The van der Waals surface area contributed by atoms with Crippen LogP contribution >= 0.6 is 0 Å². The maximum absolute atomic E-state index is 14.4. The van der Waals surface area contributed by atoms with Crippen LogP contribution in [0, 0.1) is 13.8 Å². The molecule has 0 bridgehead atoms. The van der Waals surface area contributed by atoms with Crippen LogP contribution in [0.25, 0.3) is 6.08 Å². The summed E-state index contributed by atoms with van der Waals surface area (Å²) in [7, 11) is 1.61. The van der Waals surface area contributed by atoms with Gasteiger partial charge in [-0.3, -0.25) is 19.4 Å². The van der Waals surface area contributed by atoms with Crippen LogP contribution in [0.3, 0.4) is 0 Å².